The van der Waals surface area contributed by atoms with Crippen molar-refractivity contribution in [2.24, 2.45) is 0 Å². The minimum atomic E-state index is -2.26. The SMILES string of the molecule is CO[Si](CO)(OC)C1CCCCC1. The Hall–Kier alpha value is 0.0969. The predicted octanol–water partition coefficient (Wildman–Crippen LogP) is 1.59. The first-order chi connectivity index (χ1) is 6.29. The molecule has 1 saturated carbocycles. The fourth-order valence-electron chi connectivity index (χ4n) is 2.22. The molecular weight excluding hydrogens is 184 g/mol. The minimum absolute atomic E-state index is 0.0880. The van der Waals surface area contributed by atoms with Gasteiger partial charge >= 0.3 is 8.56 Å². The summed E-state index contributed by atoms with van der Waals surface area (Å²) in [4.78, 5) is 0. The second kappa shape index (κ2) is 5.10. The van der Waals surface area contributed by atoms with E-state index < -0.39 is 8.56 Å². The van der Waals surface area contributed by atoms with E-state index in [2.05, 4.69) is 0 Å². The molecule has 0 heterocycles. The van der Waals surface area contributed by atoms with E-state index >= 15 is 0 Å². The third-order valence-corrected chi connectivity index (χ3v) is 6.78. The van der Waals surface area contributed by atoms with Crippen LogP contribution in [0, 0.1) is 0 Å². The minimum Gasteiger partial charge on any atom is -0.396 e. The van der Waals surface area contributed by atoms with E-state index in [4.69, 9.17) is 8.85 Å². The zero-order valence-corrected chi connectivity index (χ0v) is 9.58. The molecule has 1 rings (SSSR count). The summed E-state index contributed by atoms with van der Waals surface area (Å²) in [7, 11) is 1.07. The van der Waals surface area contributed by atoms with Gasteiger partial charge in [-0.2, -0.15) is 0 Å². The normalized spacial score (nSPS) is 20.5. The number of hydrogen-bond acceptors (Lipinski definition) is 3. The van der Waals surface area contributed by atoms with Crippen LogP contribution in [0.15, 0.2) is 0 Å². The molecule has 78 valence electrons. The van der Waals surface area contributed by atoms with Crippen molar-refractivity contribution in [3.05, 3.63) is 0 Å². The Balaban J connectivity index is 2.60. The van der Waals surface area contributed by atoms with Gasteiger partial charge in [-0.05, 0) is 12.8 Å². The molecule has 0 amide bonds. The van der Waals surface area contributed by atoms with E-state index in [1.165, 1.54) is 19.3 Å². The van der Waals surface area contributed by atoms with E-state index in [0.29, 0.717) is 5.54 Å². The maximum Gasteiger partial charge on any atom is 0.367 e. The molecule has 0 atom stereocenters. The van der Waals surface area contributed by atoms with Gasteiger partial charge in [-0.1, -0.05) is 19.3 Å². The standard InChI is InChI=1S/C9H20O3Si/c1-11-13(8-10,12-2)9-6-4-3-5-7-9/h9-10H,3-8H2,1-2H3. The lowest BCUT2D eigenvalue weighted by Crippen LogP contribution is -2.49. The molecule has 0 bridgehead atoms. The first-order valence-corrected chi connectivity index (χ1v) is 7.10. The van der Waals surface area contributed by atoms with E-state index in [0.717, 1.165) is 12.8 Å². The average molecular weight is 204 g/mol. The van der Waals surface area contributed by atoms with Crippen LogP contribution in [-0.2, 0) is 8.85 Å². The maximum atomic E-state index is 9.34. The van der Waals surface area contributed by atoms with Gasteiger partial charge in [0.2, 0.25) is 0 Å². The Morgan fingerprint density at radius 1 is 1.15 bits per heavy atom. The lowest BCUT2D eigenvalue weighted by Gasteiger charge is -2.35. The molecule has 0 aromatic rings. The first kappa shape index (κ1) is 11.2. The van der Waals surface area contributed by atoms with Crippen molar-refractivity contribution in [1.29, 1.82) is 0 Å². The topological polar surface area (TPSA) is 38.7 Å². The molecule has 0 spiro atoms. The molecule has 0 saturated heterocycles. The molecule has 0 radical (unpaired) electrons. The highest BCUT2D eigenvalue weighted by Crippen LogP contribution is 2.37. The zero-order chi connectivity index (χ0) is 9.73. The Morgan fingerprint density at radius 3 is 2.08 bits per heavy atom. The highest BCUT2D eigenvalue weighted by atomic mass is 28.4. The van der Waals surface area contributed by atoms with Gasteiger partial charge < -0.3 is 14.0 Å². The van der Waals surface area contributed by atoms with Gasteiger partial charge in [-0.3, -0.25) is 0 Å². The van der Waals surface area contributed by atoms with Gasteiger partial charge in [-0.15, -0.1) is 0 Å². The number of aliphatic hydroxyl groups excluding tert-OH is 1. The molecule has 13 heavy (non-hydrogen) atoms. The Labute approximate surface area is 81.3 Å². The van der Waals surface area contributed by atoms with Crippen LogP contribution in [-0.4, -0.2) is 34.1 Å². The highest BCUT2D eigenvalue weighted by molar-refractivity contribution is 6.68. The van der Waals surface area contributed by atoms with Crippen molar-refractivity contribution < 1.29 is 14.0 Å². The molecule has 0 aliphatic heterocycles. The van der Waals surface area contributed by atoms with Gasteiger partial charge in [0, 0.05) is 19.8 Å². The van der Waals surface area contributed by atoms with E-state index in [9.17, 15) is 5.11 Å². The predicted molar refractivity (Wildman–Crippen MR) is 53.7 cm³/mol. The molecule has 0 aromatic heterocycles. The fourth-order valence-corrected chi connectivity index (χ4v) is 4.85. The molecular formula is C9H20O3Si. The van der Waals surface area contributed by atoms with Crippen molar-refractivity contribution in [3.63, 3.8) is 0 Å². The summed E-state index contributed by atoms with van der Waals surface area (Å²) in [5, 5.41) is 9.34. The third-order valence-electron chi connectivity index (χ3n) is 3.14. The second-order valence-corrected chi connectivity index (χ2v) is 7.29. The molecule has 0 unspecified atom stereocenters. The molecule has 3 nitrogen and oxygen atoms in total. The van der Waals surface area contributed by atoms with Crippen LogP contribution in [0.3, 0.4) is 0 Å². The maximum absolute atomic E-state index is 9.34. The summed E-state index contributed by atoms with van der Waals surface area (Å²) in [6.45, 7) is 0. The lowest BCUT2D eigenvalue weighted by atomic mass is 10.0. The summed E-state index contributed by atoms with van der Waals surface area (Å²) < 4.78 is 10.9. The van der Waals surface area contributed by atoms with Crippen LogP contribution in [0.25, 0.3) is 0 Å². The fraction of sp³-hybridized carbons (Fsp3) is 1.00. The summed E-state index contributed by atoms with van der Waals surface area (Å²) >= 11 is 0. The van der Waals surface area contributed by atoms with E-state index in [1.807, 2.05) is 0 Å². The molecule has 1 fully saturated rings. The Kier molecular flexibility index (Phi) is 4.38. The largest absolute Gasteiger partial charge is 0.396 e. The van der Waals surface area contributed by atoms with Crippen LogP contribution < -0.4 is 0 Å². The van der Waals surface area contributed by atoms with Crippen LogP contribution in [0.5, 0.6) is 0 Å². The van der Waals surface area contributed by atoms with Crippen molar-refractivity contribution in [2.45, 2.75) is 37.6 Å². The van der Waals surface area contributed by atoms with Crippen LogP contribution in [0.4, 0.5) is 0 Å². The molecule has 0 aromatic carbocycles. The lowest BCUT2D eigenvalue weighted by molar-refractivity contribution is 0.177. The Bertz CT molecular complexity index is 134. The summed E-state index contributed by atoms with van der Waals surface area (Å²) in [5.74, 6) is 0. The van der Waals surface area contributed by atoms with Crippen molar-refractivity contribution >= 4 is 8.56 Å². The number of aliphatic hydroxyl groups is 1. The van der Waals surface area contributed by atoms with Gasteiger partial charge in [-0.25, -0.2) is 0 Å². The summed E-state index contributed by atoms with van der Waals surface area (Å²) in [5.41, 5.74) is 0.487. The van der Waals surface area contributed by atoms with Crippen molar-refractivity contribution in [2.75, 3.05) is 20.4 Å². The van der Waals surface area contributed by atoms with Crippen LogP contribution in [0.1, 0.15) is 32.1 Å². The number of hydrogen-bond donors (Lipinski definition) is 1. The average Bonchev–Trinajstić information content (AvgIpc) is 2.23. The van der Waals surface area contributed by atoms with Crippen LogP contribution in [0.2, 0.25) is 5.54 Å². The zero-order valence-electron chi connectivity index (χ0n) is 8.58. The number of rotatable bonds is 4. The quantitative estimate of drug-likeness (QED) is 0.707. The molecule has 1 aliphatic rings. The van der Waals surface area contributed by atoms with Gasteiger partial charge in [0.1, 0.15) is 0 Å². The highest BCUT2D eigenvalue weighted by Gasteiger charge is 2.44. The monoisotopic (exact) mass is 204 g/mol. The van der Waals surface area contributed by atoms with Gasteiger partial charge in [0.15, 0.2) is 0 Å². The van der Waals surface area contributed by atoms with Crippen molar-refractivity contribution in [1.82, 2.24) is 0 Å². The van der Waals surface area contributed by atoms with Gasteiger partial charge in [0.25, 0.3) is 0 Å². The van der Waals surface area contributed by atoms with E-state index in [-0.39, 0.29) is 6.23 Å². The molecule has 1 N–H and O–H groups in total. The van der Waals surface area contributed by atoms with Gasteiger partial charge in [0.05, 0.1) is 6.23 Å². The third kappa shape index (κ3) is 2.31. The summed E-state index contributed by atoms with van der Waals surface area (Å²) in [6, 6.07) is 0. The van der Waals surface area contributed by atoms with Crippen LogP contribution >= 0.6 is 0 Å². The molecule has 1 aliphatic carbocycles. The smallest absolute Gasteiger partial charge is 0.367 e. The van der Waals surface area contributed by atoms with Crippen molar-refractivity contribution in [3.8, 4) is 0 Å². The summed E-state index contributed by atoms with van der Waals surface area (Å²) in [6.07, 6.45) is 6.24. The van der Waals surface area contributed by atoms with E-state index in [1.54, 1.807) is 14.2 Å². The molecule has 4 heteroatoms. The Morgan fingerprint density at radius 2 is 1.69 bits per heavy atom. The first-order valence-electron chi connectivity index (χ1n) is 5.00. The second-order valence-electron chi connectivity index (χ2n) is 3.71.